The number of piperazine rings is 1. The maximum absolute atomic E-state index is 12.7. The van der Waals surface area contributed by atoms with Crippen LogP contribution in [0.3, 0.4) is 0 Å². The minimum absolute atomic E-state index is 0.154. The lowest BCUT2D eigenvalue weighted by Crippen LogP contribution is -2.50. The topological polar surface area (TPSA) is 62.5 Å². The molecule has 6 nitrogen and oxygen atoms in total. The molecule has 0 saturated carbocycles. The second-order valence-electron chi connectivity index (χ2n) is 7.80. The number of thiophene rings is 1. The minimum atomic E-state index is -0.223. The fraction of sp³-hybridized carbons (Fsp3) is 0.650. The number of hydrogen-bond donors (Lipinski definition) is 0. The molecule has 4 rings (SSSR count). The molecule has 1 aliphatic heterocycles. The zero-order valence-corrected chi connectivity index (χ0v) is 18.4. The van der Waals surface area contributed by atoms with E-state index in [2.05, 4.69) is 35.0 Å². The molecule has 0 aromatic carbocycles. The number of hydrogen-bond acceptors (Lipinski definition) is 7. The molecule has 0 unspecified atom stereocenters. The SMILES string of the molecule is CCN1CCN(C(=O)[C@@H](C)Sc2nnc(-c3cc4c(s3)CC[C@H](C)C4)o2)CC1. The summed E-state index contributed by atoms with van der Waals surface area (Å²) in [7, 11) is 0. The summed E-state index contributed by atoms with van der Waals surface area (Å²) in [6.45, 7) is 10.9. The van der Waals surface area contributed by atoms with Gasteiger partial charge in [-0.25, -0.2) is 0 Å². The highest BCUT2D eigenvalue weighted by atomic mass is 32.2. The highest BCUT2D eigenvalue weighted by Crippen LogP contribution is 2.37. The number of fused-ring (bicyclic) bond motifs is 1. The number of carbonyl (C=O) groups excluding carboxylic acids is 1. The Kier molecular flexibility index (Phi) is 6.08. The summed E-state index contributed by atoms with van der Waals surface area (Å²) in [6.07, 6.45) is 3.54. The van der Waals surface area contributed by atoms with E-state index in [9.17, 15) is 4.79 Å². The zero-order valence-electron chi connectivity index (χ0n) is 16.8. The van der Waals surface area contributed by atoms with Crippen LogP contribution < -0.4 is 0 Å². The van der Waals surface area contributed by atoms with E-state index in [0.717, 1.165) is 56.4 Å². The lowest BCUT2D eigenvalue weighted by molar-refractivity contribution is -0.132. The zero-order chi connectivity index (χ0) is 19.7. The normalized spacial score (nSPS) is 21.5. The van der Waals surface area contributed by atoms with Crippen molar-refractivity contribution in [2.45, 2.75) is 50.5 Å². The Bertz CT molecular complexity index is 826. The van der Waals surface area contributed by atoms with E-state index in [1.165, 1.54) is 28.6 Å². The Morgan fingerprint density at radius 1 is 1.36 bits per heavy atom. The van der Waals surface area contributed by atoms with E-state index in [4.69, 9.17) is 4.42 Å². The number of amides is 1. The third-order valence-electron chi connectivity index (χ3n) is 5.70. The van der Waals surface area contributed by atoms with E-state index in [-0.39, 0.29) is 11.2 Å². The summed E-state index contributed by atoms with van der Waals surface area (Å²) >= 11 is 3.13. The van der Waals surface area contributed by atoms with Crippen LogP contribution in [0.2, 0.25) is 0 Å². The van der Waals surface area contributed by atoms with Crippen molar-refractivity contribution in [3.8, 4) is 10.8 Å². The molecule has 28 heavy (non-hydrogen) atoms. The van der Waals surface area contributed by atoms with Gasteiger partial charge in [-0.1, -0.05) is 25.6 Å². The molecule has 2 atom stereocenters. The van der Waals surface area contributed by atoms with Crippen LogP contribution in [0.25, 0.3) is 10.8 Å². The Balaban J connectivity index is 1.37. The maximum Gasteiger partial charge on any atom is 0.277 e. The minimum Gasteiger partial charge on any atom is -0.410 e. The summed E-state index contributed by atoms with van der Waals surface area (Å²) in [5, 5.41) is 8.67. The molecule has 2 aromatic rings. The summed E-state index contributed by atoms with van der Waals surface area (Å²) in [5.74, 6) is 1.47. The summed E-state index contributed by atoms with van der Waals surface area (Å²) < 4.78 is 5.89. The third kappa shape index (κ3) is 4.28. The number of thioether (sulfide) groups is 1. The molecule has 0 spiro atoms. The van der Waals surface area contributed by atoms with Crippen molar-refractivity contribution < 1.29 is 9.21 Å². The highest BCUT2D eigenvalue weighted by molar-refractivity contribution is 8.00. The molecule has 1 amide bonds. The fourth-order valence-electron chi connectivity index (χ4n) is 3.91. The van der Waals surface area contributed by atoms with E-state index in [0.29, 0.717) is 11.1 Å². The molecule has 2 aromatic heterocycles. The number of rotatable bonds is 5. The first-order valence-corrected chi connectivity index (χ1v) is 11.9. The molecule has 152 valence electrons. The predicted octanol–water partition coefficient (Wildman–Crippen LogP) is 3.57. The van der Waals surface area contributed by atoms with Crippen LogP contribution >= 0.6 is 23.1 Å². The van der Waals surface area contributed by atoms with Crippen molar-refractivity contribution in [3.63, 3.8) is 0 Å². The van der Waals surface area contributed by atoms with Gasteiger partial charge in [0.2, 0.25) is 5.91 Å². The fourth-order valence-corrected chi connectivity index (χ4v) is 5.81. The highest BCUT2D eigenvalue weighted by Gasteiger charge is 2.27. The summed E-state index contributed by atoms with van der Waals surface area (Å²) in [4.78, 5) is 19.6. The molecule has 1 aliphatic carbocycles. The van der Waals surface area contributed by atoms with Gasteiger partial charge in [0, 0.05) is 31.1 Å². The Morgan fingerprint density at radius 3 is 2.89 bits per heavy atom. The van der Waals surface area contributed by atoms with Gasteiger partial charge >= 0.3 is 0 Å². The van der Waals surface area contributed by atoms with E-state index < -0.39 is 0 Å². The average Bonchev–Trinajstić information content (AvgIpc) is 3.33. The molecule has 1 fully saturated rings. The molecule has 0 bridgehead atoms. The molecular formula is C20H28N4O2S2. The van der Waals surface area contributed by atoms with Crippen LogP contribution in [-0.2, 0) is 17.6 Å². The van der Waals surface area contributed by atoms with Gasteiger partial charge in [-0.05, 0) is 50.3 Å². The number of aromatic nitrogens is 2. The van der Waals surface area contributed by atoms with Crippen molar-refractivity contribution in [1.82, 2.24) is 20.0 Å². The summed E-state index contributed by atoms with van der Waals surface area (Å²) in [6, 6.07) is 2.21. The Morgan fingerprint density at radius 2 is 2.14 bits per heavy atom. The van der Waals surface area contributed by atoms with Crippen LogP contribution in [0.5, 0.6) is 0 Å². The molecule has 2 aliphatic rings. The van der Waals surface area contributed by atoms with Crippen LogP contribution in [-0.4, -0.2) is 63.9 Å². The van der Waals surface area contributed by atoms with Crippen molar-refractivity contribution in [2.75, 3.05) is 32.7 Å². The van der Waals surface area contributed by atoms with Crippen molar-refractivity contribution in [2.24, 2.45) is 5.92 Å². The number of carbonyl (C=O) groups is 1. The first-order chi connectivity index (χ1) is 13.5. The van der Waals surface area contributed by atoms with Gasteiger partial charge in [0.25, 0.3) is 11.1 Å². The van der Waals surface area contributed by atoms with Gasteiger partial charge in [-0.3, -0.25) is 4.79 Å². The largest absolute Gasteiger partial charge is 0.410 e. The first kappa shape index (κ1) is 19.9. The molecule has 1 saturated heterocycles. The predicted molar refractivity (Wildman–Crippen MR) is 113 cm³/mol. The smallest absolute Gasteiger partial charge is 0.277 e. The van der Waals surface area contributed by atoms with Crippen LogP contribution in [0.15, 0.2) is 15.7 Å². The van der Waals surface area contributed by atoms with E-state index in [1.807, 2.05) is 11.8 Å². The second kappa shape index (κ2) is 8.55. The van der Waals surface area contributed by atoms with Crippen LogP contribution in [0.4, 0.5) is 0 Å². The monoisotopic (exact) mass is 420 g/mol. The van der Waals surface area contributed by atoms with Gasteiger partial charge in [-0.15, -0.1) is 21.5 Å². The van der Waals surface area contributed by atoms with Gasteiger partial charge in [0.05, 0.1) is 10.1 Å². The van der Waals surface area contributed by atoms with Gasteiger partial charge in [0.15, 0.2) is 0 Å². The number of aryl methyl sites for hydroxylation is 1. The lowest BCUT2D eigenvalue weighted by Gasteiger charge is -2.35. The van der Waals surface area contributed by atoms with Crippen molar-refractivity contribution in [3.05, 3.63) is 16.5 Å². The molecule has 8 heteroatoms. The van der Waals surface area contributed by atoms with Gasteiger partial charge in [-0.2, -0.15) is 0 Å². The maximum atomic E-state index is 12.7. The Labute approximate surface area is 174 Å². The van der Waals surface area contributed by atoms with Crippen molar-refractivity contribution in [1.29, 1.82) is 0 Å². The quantitative estimate of drug-likeness (QED) is 0.689. The van der Waals surface area contributed by atoms with E-state index in [1.54, 1.807) is 11.3 Å². The number of likely N-dealkylation sites (N-methyl/N-ethyl adjacent to an activating group) is 1. The van der Waals surface area contributed by atoms with Gasteiger partial charge in [0.1, 0.15) is 0 Å². The lowest BCUT2D eigenvalue weighted by atomic mass is 9.90. The van der Waals surface area contributed by atoms with E-state index >= 15 is 0 Å². The van der Waals surface area contributed by atoms with Crippen molar-refractivity contribution >= 4 is 29.0 Å². The standard InChI is InChI=1S/C20H28N4O2S2/c1-4-23-7-9-24(10-8-23)19(25)14(3)27-20-22-21-18(26-20)17-12-15-11-13(2)5-6-16(15)28-17/h12-14H,4-11H2,1-3H3/t13-,14+/m0/s1. The first-order valence-electron chi connectivity index (χ1n) is 10.2. The van der Waals surface area contributed by atoms with Crippen LogP contribution in [0.1, 0.15) is 37.6 Å². The molecule has 0 N–H and O–H groups in total. The Hall–Kier alpha value is -1.38. The third-order valence-corrected chi connectivity index (χ3v) is 7.85. The second-order valence-corrected chi connectivity index (χ2v) is 10.2. The molecule has 3 heterocycles. The molecular weight excluding hydrogens is 392 g/mol. The molecule has 0 radical (unpaired) electrons. The number of nitrogens with zero attached hydrogens (tertiary/aromatic N) is 4. The van der Waals surface area contributed by atoms with Crippen LogP contribution in [0, 0.1) is 5.92 Å². The summed E-state index contributed by atoms with van der Waals surface area (Å²) in [5.41, 5.74) is 1.43. The van der Waals surface area contributed by atoms with Gasteiger partial charge < -0.3 is 14.2 Å². The average molecular weight is 421 g/mol.